The number of hydrogen-bond donors (Lipinski definition) is 2. The van der Waals surface area contributed by atoms with Crippen LogP contribution in [0, 0.1) is 17.0 Å². The van der Waals surface area contributed by atoms with E-state index in [4.69, 9.17) is 22.4 Å². The zero-order chi connectivity index (χ0) is 11.7. The van der Waals surface area contributed by atoms with Crippen LogP contribution < -0.4 is 5.73 Å². The highest BCUT2D eigenvalue weighted by molar-refractivity contribution is 6.35. The smallest absolute Gasteiger partial charge is 0.336 e. The fourth-order valence-electron chi connectivity index (χ4n) is 1.11. The first-order valence-electron chi connectivity index (χ1n) is 3.82. The molecule has 0 aromatic heterocycles. The molecular formula is C8H7ClN2O4. The summed E-state index contributed by atoms with van der Waals surface area (Å²) in [5, 5.41) is 19.1. The van der Waals surface area contributed by atoms with E-state index in [9.17, 15) is 14.9 Å². The Balaban J connectivity index is 3.59. The zero-order valence-electron chi connectivity index (χ0n) is 7.65. The lowest BCUT2D eigenvalue weighted by molar-refractivity contribution is -0.384. The molecule has 0 saturated carbocycles. The standard InChI is InChI=1S/C8H7ClN2O4/c1-3-4(8(12)13)2-5(11(14)15)6(9)7(3)10/h2H,10H2,1H3,(H,12,13). The van der Waals surface area contributed by atoms with Crippen molar-refractivity contribution in [1.82, 2.24) is 0 Å². The van der Waals surface area contributed by atoms with Crippen molar-refractivity contribution in [1.29, 1.82) is 0 Å². The van der Waals surface area contributed by atoms with E-state index >= 15 is 0 Å². The first-order chi connectivity index (χ1) is 6.86. The number of rotatable bonds is 2. The Labute approximate surface area is 89.4 Å². The lowest BCUT2D eigenvalue weighted by Crippen LogP contribution is -2.05. The molecule has 0 atom stereocenters. The number of aromatic carboxylic acids is 1. The van der Waals surface area contributed by atoms with Crippen LogP contribution in [0.1, 0.15) is 15.9 Å². The fourth-order valence-corrected chi connectivity index (χ4v) is 1.38. The van der Waals surface area contributed by atoms with Crippen molar-refractivity contribution >= 4 is 28.9 Å². The molecular weight excluding hydrogens is 224 g/mol. The maximum absolute atomic E-state index is 10.7. The first kappa shape index (κ1) is 11.3. The molecule has 0 spiro atoms. The molecule has 0 bridgehead atoms. The Kier molecular flexibility index (Phi) is 2.81. The molecule has 0 aliphatic carbocycles. The molecule has 0 saturated heterocycles. The second kappa shape index (κ2) is 3.74. The van der Waals surface area contributed by atoms with Gasteiger partial charge in [0.2, 0.25) is 0 Å². The monoisotopic (exact) mass is 230 g/mol. The Morgan fingerprint density at radius 1 is 1.67 bits per heavy atom. The molecule has 80 valence electrons. The van der Waals surface area contributed by atoms with Crippen molar-refractivity contribution in [2.75, 3.05) is 5.73 Å². The number of nitro groups is 1. The predicted octanol–water partition coefficient (Wildman–Crippen LogP) is 1.84. The number of nitrogens with two attached hydrogens (primary N) is 1. The van der Waals surface area contributed by atoms with Crippen LogP contribution in [0.2, 0.25) is 5.02 Å². The molecule has 3 N–H and O–H groups in total. The third-order valence-corrected chi connectivity index (χ3v) is 2.37. The molecule has 6 nitrogen and oxygen atoms in total. The average molecular weight is 231 g/mol. The van der Waals surface area contributed by atoms with Gasteiger partial charge < -0.3 is 10.8 Å². The molecule has 0 aliphatic heterocycles. The van der Waals surface area contributed by atoms with Crippen molar-refractivity contribution in [2.24, 2.45) is 0 Å². The SMILES string of the molecule is Cc1c(C(=O)O)cc([N+](=O)[O-])c(Cl)c1N. The van der Waals surface area contributed by atoms with E-state index < -0.39 is 16.6 Å². The summed E-state index contributed by atoms with van der Waals surface area (Å²) in [6.07, 6.45) is 0. The minimum Gasteiger partial charge on any atom is -0.478 e. The molecule has 0 unspecified atom stereocenters. The maximum Gasteiger partial charge on any atom is 0.336 e. The van der Waals surface area contributed by atoms with Crippen molar-refractivity contribution < 1.29 is 14.8 Å². The van der Waals surface area contributed by atoms with Gasteiger partial charge in [-0.3, -0.25) is 10.1 Å². The highest BCUT2D eigenvalue weighted by Crippen LogP contribution is 2.34. The van der Waals surface area contributed by atoms with Gasteiger partial charge in [0.25, 0.3) is 5.69 Å². The molecule has 0 heterocycles. The summed E-state index contributed by atoms with van der Waals surface area (Å²) in [6.45, 7) is 1.44. The van der Waals surface area contributed by atoms with Crippen molar-refractivity contribution in [2.45, 2.75) is 6.92 Å². The molecule has 0 amide bonds. The highest BCUT2D eigenvalue weighted by atomic mass is 35.5. The number of carboxylic acids is 1. The van der Waals surface area contributed by atoms with Gasteiger partial charge in [-0.2, -0.15) is 0 Å². The van der Waals surface area contributed by atoms with Crippen LogP contribution in [-0.4, -0.2) is 16.0 Å². The van der Waals surface area contributed by atoms with E-state index in [0.29, 0.717) is 0 Å². The second-order valence-corrected chi connectivity index (χ2v) is 3.24. The second-order valence-electron chi connectivity index (χ2n) is 2.86. The number of hydrogen-bond acceptors (Lipinski definition) is 4. The van der Waals surface area contributed by atoms with Crippen LogP contribution in [0.4, 0.5) is 11.4 Å². The van der Waals surface area contributed by atoms with Gasteiger partial charge in [-0.25, -0.2) is 4.79 Å². The van der Waals surface area contributed by atoms with E-state index in [0.717, 1.165) is 6.07 Å². The Morgan fingerprint density at radius 3 is 2.60 bits per heavy atom. The van der Waals surface area contributed by atoms with Crippen LogP contribution in [0.5, 0.6) is 0 Å². The summed E-state index contributed by atoms with van der Waals surface area (Å²) in [5.74, 6) is -1.28. The number of nitrogens with zero attached hydrogens (tertiary/aromatic N) is 1. The Bertz CT molecular complexity index is 420. The lowest BCUT2D eigenvalue weighted by atomic mass is 10.1. The van der Waals surface area contributed by atoms with E-state index in [1.165, 1.54) is 6.92 Å². The topological polar surface area (TPSA) is 106 Å². The summed E-state index contributed by atoms with van der Waals surface area (Å²) >= 11 is 5.61. The molecule has 1 rings (SSSR count). The molecule has 15 heavy (non-hydrogen) atoms. The normalized spacial score (nSPS) is 10.0. The summed E-state index contributed by atoms with van der Waals surface area (Å²) < 4.78 is 0. The Hall–Kier alpha value is -1.82. The number of carboxylic acid groups (broad SMARTS) is 1. The molecule has 0 fully saturated rings. The molecule has 0 radical (unpaired) electrons. The molecule has 0 aliphatic rings. The third kappa shape index (κ3) is 1.84. The van der Waals surface area contributed by atoms with E-state index in [2.05, 4.69) is 0 Å². The number of benzene rings is 1. The average Bonchev–Trinajstić information content (AvgIpc) is 2.13. The number of anilines is 1. The van der Waals surface area contributed by atoms with Gasteiger partial charge in [0.05, 0.1) is 16.2 Å². The van der Waals surface area contributed by atoms with Crippen molar-refractivity contribution in [3.05, 3.63) is 32.3 Å². The molecule has 1 aromatic rings. The van der Waals surface area contributed by atoms with Crippen LogP contribution in [0.15, 0.2) is 6.07 Å². The van der Waals surface area contributed by atoms with Crippen LogP contribution in [0.3, 0.4) is 0 Å². The summed E-state index contributed by atoms with van der Waals surface area (Å²) in [6, 6.07) is 0.899. The first-order valence-corrected chi connectivity index (χ1v) is 4.20. The summed E-state index contributed by atoms with van der Waals surface area (Å²) in [4.78, 5) is 20.5. The molecule has 1 aromatic carbocycles. The highest BCUT2D eigenvalue weighted by Gasteiger charge is 2.22. The van der Waals surface area contributed by atoms with Gasteiger partial charge in [-0.1, -0.05) is 11.6 Å². The van der Waals surface area contributed by atoms with Crippen molar-refractivity contribution in [3.63, 3.8) is 0 Å². The Morgan fingerprint density at radius 2 is 2.20 bits per heavy atom. The van der Waals surface area contributed by atoms with Gasteiger partial charge in [0.1, 0.15) is 5.02 Å². The number of halogens is 1. The van der Waals surface area contributed by atoms with Crippen LogP contribution in [-0.2, 0) is 0 Å². The fraction of sp³-hybridized carbons (Fsp3) is 0.125. The van der Waals surface area contributed by atoms with Crippen molar-refractivity contribution in [3.8, 4) is 0 Å². The minimum absolute atomic E-state index is 0.0803. The van der Waals surface area contributed by atoms with Crippen LogP contribution >= 0.6 is 11.6 Å². The lowest BCUT2D eigenvalue weighted by Gasteiger charge is -2.06. The van der Waals surface area contributed by atoms with E-state index in [1.54, 1.807) is 0 Å². The predicted molar refractivity (Wildman–Crippen MR) is 54.2 cm³/mol. The van der Waals surface area contributed by atoms with Gasteiger partial charge in [0.15, 0.2) is 0 Å². The number of nitro benzene ring substituents is 1. The van der Waals surface area contributed by atoms with E-state index in [1.807, 2.05) is 0 Å². The maximum atomic E-state index is 10.7. The van der Waals surface area contributed by atoms with Gasteiger partial charge in [-0.05, 0) is 12.5 Å². The van der Waals surface area contributed by atoms with Gasteiger partial charge >= 0.3 is 5.97 Å². The third-order valence-electron chi connectivity index (χ3n) is 1.98. The van der Waals surface area contributed by atoms with Gasteiger partial charge in [-0.15, -0.1) is 0 Å². The van der Waals surface area contributed by atoms with Gasteiger partial charge in [0, 0.05) is 6.07 Å². The quantitative estimate of drug-likeness (QED) is 0.458. The summed E-state index contributed by atoms with van der Waals surface area (Å²) in [5.41, 5.74) is 4.88. The molecule has 7 heteroatoms. The zero-order valence-corrected chi connectivity index (χ0v) is 8.41. The number of nitrogen functional groups attached to an aromatic ring is 1. The van der Waals surface area contributed by atoms with E-state index in [-0.39, 0.29) is 21.8 Å². The minimum atomic E-state index is -1.28. The summed E-state index contributed by atoms with van der Waals surface area (Å²) in [7, 11) is 0. The largest absolute Gasteiger partial charge is 0.478 e. The number of carbonyl (C=O) groups is 1. The van der Waals surface area contributed by atoms with Crippen LogP contribution in [0.25, 0.3) is 0 Å².